The van der Waals surface area contributed by atoms with Crippen molar-refractivity contribution in [2.45, 2.75) is 19.1 Å². The highest BCUT2D eigenvalue weighted by Crippen LogP contribution is 2.36. The van der Waals surface area contributed by atoms with Crippen LogP contribution in [0.15, 0.2) is 0 Å². The molecule has 0 saturated carbocycles. The van der Waals surface area contributed by atoms with Gasteiger partial charge in [0, 0.05) is 18.7 Å². The van der Waals surface area contributed by atoms with Gasteiger partial charge in [-0.2, -0.15) is 18.3 Å². The average Bonchev–Trinajstić information content (AvgIpc) is 2.27. The van der Waals surface area contributed by atoms with Crippen LogP contribution in [0.1, 0.15) is 24.2 Å². The molecule has 0 aliphatic carbocycles. The normalized spacial score (nSPS) is 14.5. The number of halogens is 4. The Bertz CT molecular complexity index is 343. The summed E-state index contributed by atoms with van der Waals surface area (Å²) in [5.74, 6) is 0. The summed E-state index contributed by atoms with van der Waals surface area (Å²) in [5, 5.41) is 3.21. The zero-order chi connectivity index (χ0) is 11.1. The lowest BCUT2D eigenvalue weighted by Crippen LogP contribution is -2.14. The number of aryl methyl sites for hydroxylation is 1. The predicted molar refractivity (Wildman–Crippen MR) is 45.8 cm³/mol. The van der Waals surface area contributed by atoms with E-state index >= 15 is 0 Å². The molecule has 0 aromatic carbocycles. The monoisotopic (exact) mass is 227 g/mol. The van der Waals surface area contributed by atoms with Gasteiger partial charge in [-0.1, -0.05) is 11.6 Å². The second-order valence-electron chi connectivity index (χ2n) is 2.96. The quantitative estimate of drug-likeness (QED) is 0.799. The Labute approximate surface area is 83.6 Å². The van der Waals surface area contributed by atoms with Crippen molar-refractivity contribution >= 4 is 11.6 Å². The van der Waals surface area contributed by atoms with Gasteiger partial charge in [0.05, 0.1) is 0 Å². The Balaban J connectivity index is 3.37. The molecular weight excluding hydrogens is 219 g/mol. The fourth-order valence-corrected chi connectivity index (χ4v) is 1.43. The van der Waals surface area contributed by atoms with E-state index in [0.717, 1.165) is 4.68 Å². The van der Waals surface area contributed by atoms with Gasteiger partial charge in [-0.25, -0.2) is 0 Å². The molecule has 0 amide bonds. The van der Waals surface area contributed by atoms with Gasteiger partial charge >= 0.3 is 6.18 Å². The Morgan fingerprint density at radius 1 is 1.50 bits per heavy atom. The van der Waals surface area contributed by atoms with E-state index in [1.165, 1.54) is 14.0 Å². The van der Waals surface area contributed by atoms with Gasteiger partial charge in [-0.15, -0.1) is 0 Å². The molecule has 1 aromatic rings. The number of hydrogen-bond acceptors (Lipinski definition) is 2. The van der Waals surface area contributed by atoms with Crippen LogP contribution in [-0.2, 0) is 13.2 Å². The molecular formula is C7H9ClF3N3. The number of nitrogens with zero attached hydrogens (tertiary/aromatic N) is 2. The second-order valence-corrected chi connectivity index (χ2v) is 3.32. The molecule has 0 aliphatic rings. The first-order valence-corrected chi connectivity index (χ1v) is 4.18. The number of rotatable bonds is 1. The van der Waals surface area contributed by atoms with Crippen LogP contribution in [-0.4, -0.2) is 9.78 Å². The molecule has 0 saturated heterocycles. The van der Waals surface area contributed by atoms with E-state index in [1.807, 2.05) is 0 Å². The highest BCUT2D eigenvalue weighted by atomic mass is 35.5. The average molecular weight is 228 g/mol. The minimum absolute atomic E-state index is 0.0766. The van der Waals surface area contributed by atoms with E-state index in [-0.39, 0.29) is 10.7 Å². The zero-order valence-electron chi connectivity index (χ0n) is 7.56. The van der Waals surface area contributed by atoms with Crippen LogP contribution in [0.3, 0.4) is 0 Å². The Hall–Kier alpha value is -0.750. The van der Waals surface area contributed by atoms with E-state index in [1.54, 1.807) is 0 Å². The smallest absolute Gasteiger partial charge is 0.324 e. The molecule has 0 radical (unpaired) electrons. The molecule has 0 unspecified atom stereocenters. The summed E-state index contributed by atoms with van der Waals surface area (Å²) >= 11 is 5.64. The fraction of sp³-hybridized carbons (Fsp3) is 0.571. The van der Waals surface area contributed by atoms with Crippen LogP contribution >= 0.6 is 11.6 Å². The molecule has 0 fully saturated rings. The number of nitrogens with two attached hydrogens (primary N) is 1. The van der Waals surface area contributed by atoms with E-state index in [4.69, 9.17) is 17.3 Å². The van der Waals surface area contributed by atoms with Crippen molar-refractivity contribution in [3.8, 4) is 0 Å². The predicted octanol–water partition coefficient (Wildman–Crippen LogP) is 2.11. The third-order valence-corrected chi connectivity index (χ3v) is 2.18. The van der Waals surface area contributed by atoms with Crippen molar-refractivity contribution in [2.24, 2.45) is 12.8 Å². The fourth-order valence-electron chi connectivity index (χ4n) is 1.13. The summed E-state index contributed by atoms with van der Waals surface area (Å²) in [6, 6.07) is -0.798. The van der Waals surface area contributed by atoms with Crippen molar-refractivity contribution in [1.82, 2.24) is 9.78 Å². The molecule has 2 N–H and O–H groups in total. The van der Waals surface area contributed by atoms with E-state index < -0.39 is 17.9 Å². The molecule has 1 aromatic heterocycles. The second kappa shape index (κ2) is 3.43. The maximum atomic E-state index is 12.4. The van der Waals surface area contributed by atoms with Crippen LogP contribution in [0, 0.1) is 0 Å². The van der Waals surface area contributed by atoms with E-state index in [0.29, 0.717) is 0 Å². The Morgan fingerprint density at radius 3 is 2.29 bits per heavy atom. The van der Waals surface area contributed by atoms with Crippen LogP contribution in [0.4, 0.5) is 13.2 Å². The maximum absolute atomic E-state index is 12.4. The molecule has 1 rings (SSSR count). The van der Waals surface area contributed by atoms with Crippen molar-refractivity contribution in [1.29, 1.82) is 0 Å². The summed E-state index contributed by atoms with van der Waals surface area (Å²) in [4.78, 5) is 0. The Kier molecular flexibility index (Phi) is 2.78. The minimum Gasteiger partial charge on any atom is -0.324 e. The summed E-state index contributed by atoms with van der Waals surface area (Å²) in [6.45, 7) is 1.43. The lowest BCUT2D eigenvalue weighted by atomic mass is 10.1. The van der Waals surface area contributed by atoms with Crippen LogP contribution in [0.5, 0.6) is 0 Å². The van der Waals surface area contributed by atoms with E-state index in [9.17, 15) is 13.2 Å². The van der Waals surface area contributed by atoms with Gasteiger partial charge in [-0.05, 0) is 6.92 Å². The summed E-state index contributed by atoms with van der Waals surface area (Å²) in [7, 11) is 1.34. The van der Waals surface area contributed by atoms with Gasteiger partial charge in [0.15, 0.2) is 5.69 Å². The molecule has 0 bridgehead atoms. The molecule has 1 heterocycles. The highest BCUT2D eigenvalue weighted by Gasteiger charge is 2.39. The third-order valence-electron chi connectivity index (χ3n) is 1.74. The number of aromatic nitrogens is 2. The lowest BCUT2D eigenvalue weighted by molar-refractivity contribution is -0.142. The largest absolute Gasteiger partial charge is 0.435 e. The van der Waals surface area contributed by atoms with Crippen molar-refractivity contribution < 1.29 is 13.2 Å². The first-order valence-electron chi connectivity index (χ1n) is 3.80. The number of hydrogen-bond donors (Lipinski definition) is 1. The molecule has 80 valence electrons. The first kappa shape index (κ1) is 11.3. The molecule has 14 heavy (non-hydrogen) atoms. The van der Waals surface area contributed by atoms with Crippen molar-refractivity contribution in [3.05, 3.63) is 16.4 Å². The minimum atomic E-state index is -4.52. The molecule has 7 heteroatoms. The van der Waals surface area contributed by atoms with Crippen LogP contribution in [0.2, 0.25) is 5.15 Å². The van der Waals surface area contributed by atoms with Gasteiger partial charge in [0.1, 0.15) is 5.15 Å². The standard InChI is InChI=1S/C7H9ClF3N3/c1-3(12)4-5(7(9,10)11)13-14(2)6(4)8/h3H,12H2,1-2H3/t3-/m1/s1. The lowest BCUT2D eigenvalue weighted by Gasteiger charge is -2.08. The summed E-state index contributed by atoms with van der Waals surface area (Å²) in [6.07, 6.45) is -4.52. The van der Waals surface area contributed by atoms with Gasteiger partial charge < -0.3 is 5.73 Å². The number of alkyl halides is 3. The highest BCUT2D eigenvalue weighted by molar-refractivity contribution is 6.30. The molecule has 0 spiro atoms. The zero-order valence-corrected chi connectivity index (χ0v) is 8.32. The van der Waals surface area contributed by atoms with Crippen LogP contribution in [0.25, 0.3) is 0 Å². The van der Waals surface area contributed by atoms with Crippen molar-refractivity contribution in [3.63, 3.8) is 0 Å². The summed E-state index contributed by atoms with van der Waals surface area (Å²) in [5.41, 5.74) is 4.21. The maximum Gasteiger partial charge on any atom is 0.435 e. The van der Waals surface area contributed by atoms with E-state index in [2.05, 4.69) is 5.10 Å². The summed E-state index contributed by atoms with van der Waals surface area (Å²) < 4.78 is 38.2. The molecule has 1 atom stereocenters. The molecule has 0 aliphatic heterocycles. The van der Waals surface area contributed by atoms with Gasteiger partial charge in [0.25, 0.3) is 0 Å². The first-order chi connectivity index (χ1) is 6.25. The third kappa shape index (κ3) is 1.85. The van der Waals surface area contributed by atoms with Gasteiger partial charge in [0.2, 0.25) is 0 Å². The molecule has 3 nitrogen and oxygen atoms in total. The Morgan fingerprint density at radius 2 is 2.00 bits per heavy atom. The SMILES string of the molecule is C[C@@H](N)c1c(C(F)(F)F)nn(C)c1Cl. The van der Waals surface area contributed by atoms with Crippen molar-refractivity contribution in [2.75, 3.05) is 0 Å². The topological polar surface area (TPSA) is 43.8 Å². The van der Waals surface area contributed by atoms with Gasteiger partial charge in [-0.3, -0.25) is 4.68 Å². The van der Waals surface area contributed by atoms with Crippen LogP contribution < -0.4 is 5.73 Å².